The molecule has 0 saturated carbocycles. The second kappa shape index (κ2) is 5.71. The molecule has 6 heteroatoms. The lowest BCUT2D eigenvalue weighted by Crippen LogP contribution is -2.33. The highest BCUT2D eigenvalue weighted by molar-refractivity contribution is 5.57. The molecule has 2 atom stereocenters. The lowest BCUT2D eigenvalue weighted by atomic mass is 10.0. The third-order valence-corrected chi connectivity index (χ3v) is 3.30. The lowest BCUT2D eigenvalue weighted by molar-refractivity contribution is -0.137. The van der Waals surface area contributed by atoms with Crippen LogP contribution in [0.15, 0.2) is 18.2 Å². The van der Waals surface area contributed by atoms with Crippen molar-refractivity contribution in [2.75, 3.05) is 11.9 Å². The van der Waals surface area contributed by atoms with Gasteiger partial charge in [-0.1, -0.05) is 0 Å². The maximum atomic E-state index is 13.0. The van der Waals surface area contributed by atoms with E-state index in [1.165, 1.54) is 12.1 Å². The molecule has 0 amide bonds. The summed E-state index contributed by atoms with van der Waals surface area (Å²) >= 11 is 0. The minimum absolute atomic E-state index is 0.0229. The number of benzene rings is 1. The Bertz CT molecular complexity index is 522. The van der Waals surface area contributed by atoms with Gasteiger partial charge in [0, 0.05) is 18.3 Å². The van der Waals surface area contributed by atoms with Crippen molar-refractivity contribution in [3.8, 4) is 6.07 Å². The summed E-state index contributed by atoms with van der Waals surface area (Å²) in [4.78, 5) is 0. The third kappa shape index (κ3) is 3.42. The van der Waals surface area contributed by atoms with Gasteiger partial charge >= 0.3 is 6.18 Å². The monoisotopic (exact) mass is 284 g/mol. The van der Waals surface area contributed by atoms with Gasteiger partial charge in [0.15, 0.2) is 0 Å². The van der Waals surface area contributed by atoms with E-state index in [2.05, 4.69) is 5.32 Å². The van der Waals surface area contributed by atoms with Crippen molar-refractivity contribution in [2.45, 2.75) is 38.1 Å². The lowest BCUT2D eigenvalue weighted by Gasteiger charge is -2.29. The molecule has 20 heavy (non-hydrogen) atoms. The Morgan fingerprint density at radius 3 is 2.75 bits per heavy atom. The van der Waals surface area contributed by atoms with E-state index in [-0.39, 0.29) is 23.4 Å². The molecule has 3 nitrogen and oxygen atoms in total. The van der Waals surface area contributed by atoms with Gasteiger partial charge in [-0.05, 0) is 38.0 Å². The fourth-order valence-corrected chi connectivity index (χ4v) is 2.33. The van der Waals surface area contributed by atoms with Gasteiger partial charge in [0.2, 0.25) is 0 Å². The Labute approximate surface area is 115 Å². The molecule has 0 aliphatic carbocycles. The molecule has 0 radical (unpaired) electrons. The number of halogens is 3. The van der Waals surface area contributed by atoms with Crippen molar-refractivity contribution in [1.29, 1.82) is 5.26 Å². The zero-order chi connectivity index (χ0) is 14.8. The first-order valence-corrected chi connectivity index (χ1v) is 6.39. The molecule has 0 bridgehead atoms. The van der Waals surface area contributed by atoms with Crippen LogP contribution in [0.25, 0.3) is 0 Å². The Kier molecular flexibility index (Phi) is 4.19. The highest BCUT2D eigenvalue weighted by Crippen LogP contribution is 2.36. The predicted octanol–water partition coefficient (Wildman–Crippen LogP) is 3.56. The molecule has 0 spiro atoms. The normalized spacial score (nSPS) is 23.1. The van der Waals surface area contributed by atoms with E-state index < -0.39 is 11.7 Å². The van der Waals surface area contributed by atoms with Crippen molar-refractivity contribution in [3.63, 3.8) is 0 Å². The topological polar surface area (TPSA) is 45.0 Å². The van der Waals surface area contributed by atoms with Crippen molar-refractivity contribution in [1.82, 2.24) is 0 Å². The first-order valence-electron chi connectivity index (χ1n) is 6.39. The summed E-state index contributed by atoms with van der Waals surface area (Å²) in [6, 6.07) is 5.17. The third-order valence-electron chi connectivity index (χ3n) is 3.30. The maximum Gasteiger partial charge on any atom is 0.418 e. The molecule has 1 aromatic rings. The number of nitrogens with zero attached hydrogens (tertiary/aromatic N) is 1. The summed E-state index contributed by atoms with van der Waals surface area (Å²) in [5.74, 6) is 0. The maximum absolute atomic E-state index is 13.0. The van der Waals surface area contributed by atoms with Crippen LogP contribution in [0.3, 0.4) is 0 Å². The molecule has 1 N–H and O–H groups in total. The summed E-state index contributed by atoms with van der Waals surface area (Å²) in [6.45, 7) is 2.42. The van der Waals surface area contributed by atoms with E-state index in [0.717, 1.165) is 6.07 Å². The number of anilines is 1. The molecule has 1 heterocycles. The predicted molar refractivity (Wildman–Crippen MR) is 68.2 cm³/mol. The van der Waals surface area contributed by atoms with Crippen LogP contribution in [-0.4, -0.2) is 18.8 Å². The van der Waals surface area contributed by atoms with Crippen LogP contribution in [0, 0.1) is 11.3 Å². The molecular formula is C14H15F3N2O. The van der Waals surface area contributed by atoms with Gasteiger partial charge in [-0.25, -0.2) is 0 Å². The minimum Gasteiger partial charge on any atom is -0.382 e. The highest BCUT2D eigenvalue weighted by atomic mass is 19.4. The second-order valence-corrected chi connectivity index (χ2v) is 4.92. The molecule has 108 valence electrons. The number of ether oxygens (including phenoxy) is 1. The highest BCUT2D eigenvalue weighted by Gasteiger charge is 2.34. The quantitative estimate of drug-likeness (QED) is 0.903. The number of nitrogens with one attached hydrogen (secondary N) is 1. The number of hydrogen-bond acceptors (Lipinski definition) is 3. The Morgan fingerprint density at radius 1 is 1.40 bits per heavy atom. The van der Waals surface area contributed by atoms with Gasteiger partial charge < -0.3 is 10.1 Å². The van der Waals surface area contributed by atoms with E-state index >= 15 is 0 Å². The number of hydrogen-bond donors (Lipinski definition) is 1. The molecule has 2 rings (SSSR count). The molecule has 1 aliphatic heterocycles. The summed E-state index contributed by atoms with van der Waals surface area (Å²) in [7, 11) is 0. The average Bonchev–Trinajstić information content (AvgIpc) is 2.37. The second-order valence-electron chi connectivity index (χ2n) is 4.92. The summed E-state index contributed by atoms with van der Waals surface area (Å²) in [6.07, 6.45) is -3.12. The number of nitriles is 1. The van der Waals surface area contributed by atoms with Crippen LogP contribution in [0.5, 0.6) is 0 Å². The van der Waals surface area contributed by atoms with Crippen molar-refractivity contribution in [2.24, 2.45) is 0 Å². The van der Waals surface area contributed by atoms with Crippen molar-refractivity contribution < 1.29 is 17.9 Å². The van der Waals surface area contributed by atoms with E-state index in [4.69, 9.17) is 10.00 Å². The molecule has 1 saturated heterocycles. The summed E-state index contributed by atoms with van der Waals surface area (Å²) in [5, 5.41) is 11.7. The number of rotatable bonds is 2. The van der Waals surface area contributed by atoms with Gasteiger partial charge in [-0.15, -0.1) is 0 Å². The van der Waals surface area contributed by atoms with Crippen LogP contribution >= 0.6 is 0 Å². The van der Waals surface area contributed by atoms with Gasteiger partial charge in [0.1, 0.15) is 0 Å². The Hall–Kier alpha value is -1.74. The van der Waals surface area contributed by atoms with Crippen LogP contribution in [-0.2, 0) is 10.9 Å². The van der Waals surface area contributed by atoms with Gasteiger partial charge in [-0.3, -0.25) is 0 Å². The first kappa shape index (κ1) is 14.7. The molecule has 1 fully saturated rings. The first-order chi connectivity index (χ1) is 9.40. The number of alkyl halides is 3. The van der Waals surface area contributed by atoms with Crippen LogP contribution in [0.1, 0.15) is 30.9 Å². The fraction of sp³-hybridized carbons (Fsp3) is 0.500. The Morgan fingerprint density at radius 2 is 2.15 bits per heavy atom. The largest absolute Gasteiger partial charge is 0.418 e. The SMILES string of the molecule is C[C@H]1C[C@@H](Nc2cc(C#N)ccc2C(F)(F)F)CCO1. The van der Waals surface area contributed by atoms with Gasteiger partial charge in [0.25, 0.3) is 0 Å². The average molecular weight is 284 g/mol. The van der Waals surface area contributed by atoms with Crippen LogP contribution in [0.2, 0.25) is 0 Å². The van der Waals surface area contributed by atoms with E-state index in [0.29, 0.717) is 19.4 Å². The standard InChI is InChI=1S/C14H15F3N2O/c1-9-6-11(4-5-20-9)19-13-7-10(8-18)2-3-12(13)14(15,16)17/h2-3,7,9,11,19H,4-6H2,1H3/t9-,11-/m0/s1. The van der Waals surface area contributed by atoms with Crippen molar-refractivity contribution in [3.05, 3.63) is 29.3 Å². The molecular weight excluding hydrogens is 269 g/mol. The molecule has 0 aromatic heterocycles. The van der Waals surface area contributed by atoms with Crippen LogP contribution in [0.4, 0.5) is 18.9 Å². The van der Waals surface area contributed by atoms with E-state index in [9.17, 15) is 13.2 Å². The van der Waals surface area contributed by atoms with E-state index in [1.54, 1.807) is 0 Å². The van der Waals surface area contributed by atoms with Crippen molar-refractivity contribution >= 4 is 5.69 Å². The molecule has 0 unspecified atom stereocenters. The van der Waals surface area contributed by atoms with E-state index in [1.807, 2.05) is 13.0 Å². The smallest absolute Gasteiger partial charge is 0.382 e. The minimum atomic E-state index is -4.44. The van der Waals surface area contributed by atoms with Gasteiger partial charge in [0.05, 0.1) is 23.3 Å². The van der Waals surface area contributed by atoms with Crippen LogP contribution < -0.4 is 5.32 Å². The zero-order valence-electron chi connectivity index (χ0n) is 11.0. The Balaban J connectivity index is 2.26. The molecule has 1 aromatic carbocycles. The fourth-order valence-electron chi connectivity index (χ4n) is 2.33. The van der Waals surface area contributed by atoms with Gasteiger partial charge in [-0.2, -0.15) is 18.4 Å². The molecule has 1 aliphatic rings. The zero-order valence-corrected chi connectivity index (χ0v) is 11.0. The summed E-state index contributed by atoms with van der Waals surface area (Å²) < 4.78 is 44.3. The summed E-state index contributed by atoms with van der Waals surface area (Å²) in [5.41, 5.74) is -0.563.